The predicted octanol–water partition coefficient (Wildman–Crippen LogP) is 3.94. The fourth-order valence-electron chi connectivity index (χ4n) is 5.08. The molecule has 2 atom stereocenters. The van der Waals surface area contributed by atoms with Gasteiger partial charge in [-0.15, -0.1) is 0 Å². The van der Waals surface area contributed by atoms with E-state index in [0.29, 0.717) is 15.7 Å². The molecule has 0 saturated heterocycles. The van der Waals surface area contributed by atoms with Crippen molar-refractivity contribution in [3.63, 3.8) is 0 Å². The number of carbonyl (C=O) groups is 3. The summed E-state index contributed by atoms with van der Waals surface area (Å²) in [5.41, 5.74) is 5.96. The minimum absolute atomic E-state index is 0.0468. The molecule has 0 radical (unpaired) electrons. The van der Waals surface area contributed by atoms with Crippen molar-refractivity contribution >= 4 is 39.3 Å². The number of nitrogens with one attached hydrogen (secondary N) is 1. The summed E-state index contributed by atoms with van der Waals surface area (Å²) in [6, 6.07) is 11.0. The Morgan fingerprint density at radius 2 is 1.97 bits per heavy atom. The number of carbonyl (C=O) groups excluding carboxylic acids is 3. The van der Waals surface area contributed by atoms with Crippen molar-refractivity contribution in [2.75, 3.05) is 11.9 Å². The van der Waals surface area contributed by atoms with Crippen LogP contribution in [0.3, 0.4) is 0 Å². The van der Waals surface area contributed by atoms with Gasteiger partial charge < -0.3 is 20.5 Å². The van der Waals surface area contributed by atoms with Gasteiger partial charge in [0.2, 0.25) is 11.8 Å². The fraction of sp³-hybridized carbons (Fsp3) is 0.240. The van der Waals surface area contributed by atoms with Gasteiger partial charge in [0, 0.05) is 28.6 Å². The van der Waals surface area contributed by atoms with Crippen molar-refractivity contribution in [2.45, 2.75) is 31.1 Å². The van der Waals surface area contributed by atoms with Crippen LogP contribution in [0, 0.1) is 5.82 Å². The molecule has 0 fully saturated rings. The monoisotopic (exact) mass is 526 g/mol. The first kappa shape index (κ1) is 22.3. The number of esters is 1. The molecule has 7 nitrogen and oxygen atoms in total. The van der Waals surface area contributed by atoms with Crippen molar-refractivity contribution in [3.8, 4) is 0 Å². The smallest absolute Gasteiger partial charge is 0.341 e. The molecule has 3 aliphatic rings. The van der Waals surface area contributed by atoms with E-state index in [1.807, 2.05) is 0 Å². The van der Waals surface area contributed by atoms with Crippen molar-refractivity contribution in [2.24, 2.45) is 5.73 Å². The average molecular weight is 527 g/mol. The first-order valence-corrected chi connectivity index (χ1v) is 11.6. The number of ether oxygens (including phenoxy) is 2. The summed E-state index contributed by atoms with van der Waals surface area (Å²) in [7, 11) is 0. The Hall–Kier alpha value is -3.46. The number of benzene rings is 2. The summed E-state index contributed by atoms with van der Waals surface area (Å²) < 4.78 is 25.2. The van der Waals surface area contributed by atoms with Crippen molar-refractivity contribution < 1.29 is 28.2 Å². The van der Waals surface area contributed by atoms with Gasteiger partial charge in [-0.05, 0) is 48.7 Å². The van der Waals surface area contributed by atoms with Crippen LogP contribution in [0.5, 0.6) is 0 Å². The molecule has 3 N–H and O–H groups in total. The van der Waals surface area contributed by atoms with Crippen LogP contribution in [0.2, 0.25) is 0 Å². The Morgan fingerprint density at radius 3 is 2.68 bits per heavy atom. The van der Waals surface area contributed by atoms with E-state index in [9.17, 15) is 18.8 Å². The Balaban J connectivity index is 1.73. The van der Waals surface area contributed by atoms with Gasteiger partial charge in [-0.25, -0.2) is 9.18 Å². The van der Waals surface area contributed by atoms with Crippen LogP contribution in [0.15, 0.2) is 69.7 Å². The van der Waals surface area contributed by atoms with E-state index in [4.69, 9.17) is 15.2 Å². The topological polar surface area (TPSA) is 108 Å². The molecule has 2 aromatic rings. The van der Waals surface area contributed by atoms with Gasteiger partial charge >= 0.3 is 5.97 Å². The Morgan fingerprint density at radius 1 is 1.24 bits per heavy atom. The highest BCUT2D eigenvalue weighted by atomic mass is 79.9. The van der Waals surface area contributed by atoms with E-state index in [0.717, 1.165) is 5.56 Å². The van der Waals surface area contributed by atoms with E-state index in [1.54, 1.807) is 37.3 Å². The van der Waals surface area contributed by atoms with E-state index in [2.05, 4.69) is 21.2 Å². The van der Waals surface area contributed by atoms with Gasteiger partial charge in [-0.1, -0.05) is 28.1 Å². The van der Waals surface area contributed by atoms with Gasteiger partial charge in [-0.2, -0.15) is 0 Å². The molecule has 1 spiro atoms. The van der Waals surface area contributed by atoms with E-state index in [1.165, 1.54) is 12.1 Å². The number of Topliss-reactive ketones (excluding diaryl/α,β-unsaturated/α-hetero) is 1. The number of allylic oxidation sites excluding steroid dienone is 1. The normalized spacial score (nSPS) is 23.4. The molecular formula is C25H20BrFN2O5. The van der Waals surface area contributed by atoms with Gasteiger partial charge in [-0.3, -0.25) is 9.59 Å². The van der Waals surface area contributed by atoms with Crippen LogP contribution in [0.1, 0.15) is 36.8 Å². The lowest BCUT2D eigenvalue weighted by Gasteiger charge is -2.40. The highest BCUT2D eigenvalue weighted by Gasteiger charge is 2.62. The van der Waals surface area contributed by atoms with Crippen LogP contribution in [0.25, 0.3) is 0 Å². The lowest BCUT2D eigenvalue weighted by Crippen LogP contribution is -2.49. The number of nitrogens with two attached hydrogens (primary N) is 1. The summed E-state index contributed by atoms with van der Waals surface area (Å²) in [6.45, 7) is 1.68. The molecule has 0 aromatic heterocycles. The molecule has 174 valence electrons. The lowest BCUT2D eigenvalue weighted by atomic mass is 9.63. The first-order valence-electron chi connectivity index (χ1n) is 10.8. The average Bonchev–Trinajstić information content (AvgIpc) is 3.05. The van der Waals surface area contributed by atoms with Gasteiger partial charge in [0.15, 0.2) is 5.78 Å². The zero-order chi connectivity index (χ0) is 24.2. The first-order chi connectivity index (χ1) is 16.3. The summed E-state index contributed by atoms with van der Waals surface area (Å²) in [6.07, 6.45) is 0.310. The lowest BCUT2D eigenvalue weighted by molar-refractivity contribution is -0.141. The molecule has 34 heavy (non-hydrogen) atoms. The second-order valence-corrected chi connectivity index (χ2v) is 9.25. The Labute approximate surface area is 202 Å². The van der Waals surface area contributed by atoms with Gasteiger partial charge in [0.1, 0.15) is 22.6 Å². The number of hydrogen-bond donors (Lipinski definition) is 2. The largest absolute Gasteiger partial charge is 0.462 e. The molecule has 9 heteroatoms. The van der Waals surface area contributed by atoms with E-state index >= 15 is 0 Å². The number of halogens is 2. The van der Waals surface area contributed by atoms with E-state index < -0.39 is 17.3 Å². The minimum Gasteiger partial charge on any atom is -0.462 e. The summed E-state index contributed by atoms with van der Waals surface area (Å²) in [5, 5.41) is 2.79. The molecule has 1 amide bonds. The third kappa shape index (κ3) is 3.18. The maximum absolute atomic E-state index is 13.7. The summed E-state index contributed by atoms with van der Waals surface area (Å²) in [5.74, 6) is -2.50. The molecule has 0 bridgehead atoms. The second kappa shape index (κ2) is 8.09. The van der Waals surface area contributed by atoms with Crippen LogP contribution in [-0.4, -0.2) is 24.3 Å². The summed E-state index contributed by atoms with van der Waals surface area (Å²) >= 11 is 3.42. The molecule has 2 aliphatic heterocycles. The second-order valence-electron chi connectivity index (χ2n) is 8.33. The molecule has 0 unspecified atom stereocenters. The standard InChI is InChI=1S/C25H20BrFN2O5/c1-2-33-23(31)21-22(28)34-19-10-13(12-3-6-15(27)7-4-12)9-18(30)20(19)25(21)16-11-14(26)5-8-17(16)29-24(25)32/h3-8,11,13H,2,9-10,28H2,1H3,(H,29,32)/t13-,25-/m0/s1. The quantitative estimate of drug-likeness (QED) is 0.586. The Bertz CT molecular complexity index is 1320. The number of fused-ring (bicyclic) bond motifs is 3. The van der Waals surface area contributed by atoms with Crippen LogP contribution >= 0.6 is 15.9 Å². The molecule has 2 heterocycles. The van der Waals surface area contributed by atoms with Crippen molar-refractivity contribution in [1.82, 2.24) is 0 Å². The molecule has 0 saturated carbocycles. The Kier molecular flexibility index (Phi) is 5.31. The summed E-state index contributed by atoms with van der Waals surface area (Å²) in [4.78, 5) is 40.5. The predicted molar refractivity (Wildman–Crippen MR) is 124 cm³/mol. The number of rotatable bonds is 3. The minimum atomic E-state index is -1.80. The number of ketones is 1. The van der Waals surface area contributed by atoms with Gasteiger partial charge in [0.25, 0.3) is 0 Å². The van der Waals surface area contributed by atoms with Crippen molar-refractivity contribution in [3.05, 3.63) is 86.7 Å². The number of hydrogen-bond acceptors (Lipinski definition) is 6. The van der Waals surface area contributed by atoms with Crippen LogP contribution in [0.4, 0.5) is 10.1 Å². The zero-order valence-electron chi connectivity index (χ0n) is 18.1. The number of amides is 1. The van der Waals surface area contributed by atoms with E-state index in [-0.39, 0.29) is 59.8 Å². The molecule has 5 rings (SSSR count). The maximum atomic E-state index is 13.7. The van der Waals surface area contributed by atoms with Crippen LogP contribution in [-0.2, 0) is 29.3 Å². The van der Waals surface area contributed by atoms with Gasteiger partial charge in [0.05, 0.1) is 12.2 Å². The zero-order valence-corrected chi connectivity index (χ0v) is 19.7. The third-order valence-corrected chi connectivity index (χ3v) is 6.94. The highest BCUT2D eigenvalue weighted by Crippen LogP contribution is 2.56. The fourth-order valence-corrected chi connectivity index (χ4v) is 5.44. The maximum Gasteiger partial charge on any atom is 0.341 e. The SMILES string of the molecule is CCOC(=O)C1=C(N)OC2=C(C(=O)C[C@H](c3ccc(F)cc3)C2)[C@]12C(=O)Nc1ccc(Br)cc12. The van der Waals surface area contributed by atoms with Crippen LogP contribution < -0.4 is 11.1 Å². The highest BCUT2D eigenvalue weighted by molar-refractivity contribution is 9.10. The molecule has 2 aromatic carbocycles. The van der Waals surface area contributed by atoms with Crippen molar-refractivity contribution in [1.29, 1.82) is 0 Å². The molecule has 1 aliphatic carbocycles. The number of anilines is 1. The molecular weight excluding hydrogens is 507 g/mol. The third-order valence-electron chi connectivity index (χ3n) is 6.45.